The summed E-state index contributed by atoms with van der Waals surface area (Å²) >= 11 is 0. The van der Waals surface area contributed by atoms with E-state index in [0.717, 1.165) is 0 Å². The molecule has 0 heterocycles. The topological polar surface area (TPSA) is 0 Å². The van der Waals surface area contributed by atoms with Crippen LogP contribution in [0.4, 0.5) is 0 Å². The van der Waals surface area contributed by atoms with Crippen molar-refractivity contribution in [2.45, 2.75) is 38.5 Å². The highest BCUT2D eigenvalue weighted by Crippen LogP contribution is 2.21. The van der Waals surface area contributed by atoms with Crippen LogP contribution >= 0.6 is 0 Å². The van der Waals surface area contributed by atoms with Crippen LogP contribution in [0.15, 0.2) is 42.1 Å². The molecule has 1 aromatic carbocycles. The van der Waals surface area contributed by atoms with Gasteiger partial charge in [0.2, 0.25) is 0 Å². The Hall–Kier alpha value is -1.26. The van der Waals surface area contributed by atoms with Crippen LogP contribution in [0.1, 0.15) is 44.1 Å². The lowest BCUT2D eigenvalue weighted by Crippen LogP contribution is -1.83. The van der Waals surface area contributed by atoms with E-state index >= 15 is 0 Å². The lowest BCUT2D eigenvalue weighted by atomic mass is 10.0. The maximum absolute atomic E-state index is 3.47. The van der Waals surface area contributed by atoms with Gasteiger partial charge >= 0.3 is 0 Å². The largest absolute Gasteiger partial charge is 0.121 e. The van der Waals surface area contributed by atoms with Crippen molar-refractivity contribution in [3.05, 3.63) is 47.7 Å². The fourth-order valence-corrected chi connectivity index (χ4v) is 2.04. The third-order valence-corrected chi connectivity index (χ3v) is 2.92. The second kappa shape index (κ2) is 5.58. The zero-order valence-electron chi connectivity index (χ0n) is 9.21. The fraction of sp³-hybridized carbons (Fsp3) is 0.400. The molecule has 0 unspecified atom stereocenters. The van der Waals surface area contributed by atoms with E-state index in [1.165, 1.54) is 49.7 Å². The Bertz CT molecular complexity index is 353. The molecule has 1 aromatic rings. The smallest absolute Gasteiger partial charge is 0.000867 e. The maximum atomic E-state index is 3.47. The number of hydrogen-bond donors (Lipinski definition) is 0. The van der Waals surface area contributed by atoms with Crippen LogP contribution in [-0.2, 0) is 0 Å². The van der Waals surface area contributed by atoms with E-state index in [1.54, 1.807) is 0 Å². The maximum Gasteiger partial charge on any atom is 0.000867 e. The molecular weight excluding hydrogens is 180 g/mol. The molecule has 0 spiro atoms. The Balaban J connectivity index is 2.21. The molecule has 0 saturated carbocycles. The van der Waals surface area contributed by atoms with Crippen LogP contribution in [0.5, 0.6) is 0 Å². The van der Waals surface area contributed by atoms with Crippen molar-refractivity contribution in [1.29, 1.82) is 0 Å². The van der Waals surface area contributed by atoms with E-state index in [4.69, 9.17) is 0 Å². The van der Waals surface area contributed by atoms with Crippen molar-refractivity contribution in [2.24, 2.45) is 0 Å². The van der Waals surface area contributed by atoms with Gasteiger partial charge in [-0.05, 0) is 37.3 Å². The summed E-state index contributed by atoms with van der Waals surface area (Å²) in [4.78, 5) is 0. The Morgan fingerprint density at radius 1 is 0.867 bits per heavy atom. The van der Waals surface area contributed by atoms with Crippen LogP contribution < -0.4 is 0 Å². The van der Waals surface area contributed by atoms with Gasteiger partial charge in [0.05, 0.1) is 0 Å². The summed E-state index contributed by atoms with van der Waals surface area (Å²) in [5.74, 6) is 0. The summed E-state index contributed by atoms with van der Waals surface area (Å²) < 4.78 is 0. The first-order chi connectivity index (χ1) is 7.47. The Morgan fingerprint density at radius 2 is 1.67 bits per heavy atom. The average molecular weight is 198 g/mol. The summed E-state index contributed by atoms with van der Waals surface area (Å²) in [6.07, 6.45) is 9.97. The lowest BCUT2D eigenvalue weighted by Gasteiger charge is -2.03. The second-order valence-corrected chi connectivity index (χ2v) is 4.15. The monoisotopic (exact) mass is 198 g/mol. The molecule has 0 heteroatoms. The van der Waals surface area contributed by atoms with Crippen molar-refractivity contribution in [2.75, 3.05) is 0 Å². The first-order valence-corrected chi connectivity index (χ1v) is 5.96. The summed E-state index contributed by atoms with van der Waals surface area (Å²) in [6, 6.07) is 10.7. The summed E-state index contributed by atoms with van der Waals surface area (Å²) in [5, 5.41) is 0. The van der Waals surface area contributed by atoms with Crippen molar-refractivity contribution in [3.63, 3.8) is 0 Å². The van der Waals surface area contributed by atoms with Gasteiger partial charge in [0.15, 0.2) is 0 Å². The molecule has 0 N–H and O–H groups in total. The van der Waals surface area contributed by atoms with Gasteiger partial charge in [0, 0.05) is 5.57 Å². The number of benzene rings is 1. The van der Waals surface area contributed by atoms with Crippen molar-refractivity contribution in [1.82, 2.24) is 0 Å². The van der Waals surface area contributed by atoms with Crippen LogP contribution in [0.2, 0.25) is 0 Å². The molecule has 1 aliphatic rings. The number of allylic oxidation sites excluding steroid dienone is 1. The van der Waals surface area contributed by atoms with Gasteiger partial charge in [-0.2, -0.15) is 0 Å². The van der Waals surface area contributed by atoms with Crippen molar-refractivity contribution < 1.29 is 0 Å². The molecule has 78 valence electrons. The van der Waals surface area contributed by atoms with E-state index in [9.17, 15) is 0 Å². The highest BCUT2D eigenvalue weighted by molar-refractivity contribution is 5.64. The summed E-state index contributed by atoms with van der Waals surface area (Å²) in [5.41, 5.74) is 6.20. The van der Waals surface area contributed by atoms with Gasteiger partial charge in [-0.25, -0.2) is 0 Å². The van der Waals surface area contributed by atoms with Gasteiger partial charge in [0.1, 0.15) is 0 Å². The van der Waals surface area contributed by atoms with Gasteiger partial charge in [-0.15, -0.1) is 5.73 Å². The van der Waals surface area contributed by atoms with Gasteiger partial charge in [-0.3, -0.25) is 0 Å². The molecule has 0 aromatic heterocycles. The lowest BCUT2D eigenvalue weighted by molar-refractivity contribution is 0.659. The zero-order valence-corrected chi connectivity index (χ0v) is 9.21. The molecule has 0 fully saturated rings. The molecule has 1 aliphatic carbocycles. The fourth-order valence-electron chi connectivity index (χ4n) is 2.04. The normalized spacial score (nSPS) is 17.5. The standard InChI is InChI=1S/C15H18/c1-2-4-7-11-14(10-6-3-1)15-12-8-5-9-13-15/h5-6,8-9,12-13H,1-4,7,11H2. The molecule has 0 aliphatic heterocycles. The SMILES string of the molecule is C1=CCCCCCCC=1c1ccccc1. The van der Waals surface area contributed by atoms with E-state index in [1.807, 2.05) is 0 Å². The minimum absolute atomic E-state index is 1.18. The highest BCUT2D eigenvalue weighted by atomic mass is 14.1. The predicted octanol–water partition coefficient (Wildman–Crippen LogP) is 4.58. The molecule has 0 saturated heterocycles. The zero-order chi connectivity index (χ0) is 10.3. The Morgan fingerprint density at radius 3 is 2.53 bits per heavy atom. The summed E-state index contributed by atoms with van der Waals surface area (Å²) in [6.45, 7) is 0. The molecule has 0 atom stereocenters. The first-order valence-electron chi connectivity index (χ1n) is 5.96. The molecule has 15 heavy (non-hydrogen) atoms. The number of rotatable bonds is 1. The average Bonchev–Trinajstić information content (AvgIpc) is 2.43. The first kappa shape index (κ1) is 10.3. The van der Waals surface area contributed by atoms with Crippen LogP contribution in [0.3, 0.4) is 0 Å². The van der Waals surface area contributed by atoms with Crippen molar-refractivity contribution in [3.8, 4) is 0 Å². The molecule has 0 bridgehead atoms. The Kier molecular flexibility index (Phi) is 3.82. The van der Waals surface area contributed by atoms with Crippen molar-refractivity contribution >= 4 is 5.57 Å². The molecule has 0 radical (unpaired) electrons. The third-order valence-electron chi connectivity index (χ3n) is 2.92. The quantitative estimate of drug-likeness (QED) is 0.579. The molecule has 0 nitrogen and oxygen atoms in total. The highest BCUT2D eigenvalue weighted by Gasteiger charge is 2.01. The van der Waals surface area contributed by atoms with E-state index < -0.39 is 0 Å². The van der Waals surface area contributed by atoms with Gasteiger partial charge < -0.3 is 0 Å². The predicted molar refractivity (Wildman–Crippen MR) is 65.6 cm³/mol. The molecule has 0 amide bonds. The van der Waals surface area contributed by atoms with E-state index in [2.05, 4.69) is 42.1 Å². The molecule has 2 rings (SSSR count). The Labute approximate surface area is 92.3 Å². The minimum Gasteiger partial charge on any atom is -0.121 e. The van der Waals surface area contributed by atoms with Crippen LogP contribution in [-0.4, -0.2) is 0 Å². The third kappa shape index (κ3) is 3.11. The van der Waals surface area contributed by atoms with Gasteiger partial charge in [0.25, 0.3) is 0 Å². The minimum atomic E-state index is 1.18. The van der Waals surface area contributed by atoms with Crippen LogP contribution in [0, 0.1) is 0 Å². The van der Waals surface area contributed by atoms with E-state index in [-0.39, 0.29) is 0 Å². The summed E-state index contributed by atoms with van der Waals surface area (Å²) in [7, 11) is 0. The van der Waals surface area contributed by atoms with Gasteiger partial charge in [-0.1, -0.05) is 43.2 Å². The van der Waals surface area contributed by atoms with E-state index in [0.29, 0.717) is 0 Å². The second-order valence-electron chi connectivity index (χ2n) is 4.15. The van der Waals surface area contributed by atoms with Crippen LogP contribution in [0.25, 0.3) is 5.57 Å². The molecular formula is C15H18. The number of hydrogen-bond acceptors (Lipinski definition) is 0.